The summed E-state index contributed by atoms with van der Waals surface area (Å²) in [5, 5.41) is 40.3. The van der Waals surface area contributed by atoms with Gasteiger partial charge < -0.3 is 45.7 Å². The molecule has 0 heterocycles. The zero-order valence-electron chi connectivity index (χ0n) is 91.8. The van der Waals surface area contributed by atoms with Crippen molar-refractivity contribution in [1.82, 2.24) is 0 Å². The van der Waals surface area contributed by atoms with E-state index < -0.39 is 10.1 Å². The van der Waals surface area contributed by atoms with Crippen molar-refractivity contribution in [3.63, 3.8) is 0 Å². The number of ether oxygens (including phenoxy) is 4. The predicted molar refractivity (Wildman–Crippen MR) is 564 cm³/mol. The molecule has 0 bridgehead atoms. The highest BCUT2D eigenvalue weighted by molar-refractivity contribution is 7.86. The molecule has 0 spiro atoms. The van der Waals surface area contributed by atoms with Gasteiger partial charge in [-0.1, -0.05) is 201 Å². The van der Waals surface area contributed by atoms with Crippen LogP contribution in [0.25, 0.3) is 0 Å². The van der Waals surface area contributed by atoms with Crippen LogP contribution >= 0.6 is 0 Å². The number of fused-ring (bicyclic) bond motifs is 5. The second-order valence-corrected chi connectivity index (χ2v) is 54.0. The van der Waals surface area contributed by atoms with Crippen molar-refractivity contribution in [1.29, 1.82) is 5.26 Å². The fourth-order valence-corrected chi connectivity index (χ4v) is 35.6. The number of aryl methyl sites for hydroxylation is 1. The molecule has 0 unspecified atom stereocenters. The number of benzene rings is 1. The van der Waals surface area contributed by atoms with Gasteiger partial charge in [-0.05, 0) is 369 Å². The lowest BCUT2D eigenvalue weighted by molar-refractivity contribution is -0.173. The minimum Gasteiger partial charge on any atom is -0.462 e. The van der Waals surface area contributed by atoms with E-state index in [2.05, 4.69) is 136 Å². The monoisotopic (exact) mass is 1990 g/mol. The maximum absolute atomic E-state index is 12.8. The summed E-state index contributed by atoms with van der Waals surface area (Å²) in [6.07, 6.45) is 42.8. The first-order chi connectivity index (χ1) is 66.6. The van der Waals surface area contributed by atoms with Gasteiger partial charge in [0.2, 0.25) is 11.8 Å². The van der Waals surface area contributed by atoms with Crippen LogP contribution in [0.5, 0.6) is 0 Å². The number of nitriles is 1. The van der Waals surface area contributed by atoms with Crippen molar-refractivity contribution in [3.05, 3.63) is 90.6 Å². The number of amides is 2. The second kappa shape index (κ2) is 46.2. The summed E-state index contributed by atoms with van der Waals surface area (Å²) < 4.78 is 55.5. The number of esters is 4. The fourth-order valence-electron chi connectivity index (χ4n) is 34.6. The molecule has 142 heavy (non-hydrogen) atoms. The summed E-state index contributed by atoms with van der Waals surface area (Å²) in [6.45, 7) is 63.1. The van der Waals surface area contributed by atoms with Gasteiger partial charge in [0.15, 0.2) is 0 Å². The Bertz CT molecular complexity index is 4800. The predicted octanol–water partition coefficient (Wildman–Crippen LogP) is 26.2. The number of aliphatic hydroxyl groups excluding tert-OH is 3. The molecule has 0 saturated heterocycles. The van der Waals surface area contributed by atoms with E-state index in [0.29, 0.717) is 109 Å². The van der Waals surface area contributed by atoms with Crippen LogP contribution in [0.2, 0.25) is 0 Å². The van der Waals surface area contributed by atoms with Gasteiger partial charge in [0.25, 0.3) is 10.1 Å². The molecule has 15 aliphatic carbocycles. The van der Waals surface area contributed by atoms with Crippen LogP contribution in [-0.2, 0) is 62.0 Å². The van der Waals surface area contributed by atoms with Gasteiger partial charge in [-0.3, -0.25) is 33.0 Å². The number of hydrogen-bond acceptors (Lipinski definition) is 17. The first kappa shape index (κ1) is 115. The van der Waals surface area contributed by atoms with E-state index in [1.165, 1.54) is 79.7 Å². The average molecular weight is 1990 g/mol. The normalized spacial score (nSPS) is 43.2. The Morgan fingerprint density at radius 3 is 0.965 bits per heavy atom. The number of nitrogens with two attached hydrogens (primary N) is 2. The number of allylic oxidation sites excluding steroid dienone is 5. The maximum atomic E-state index is 12.8. The highest BCUT2D eigenvalue weighted by Crippen LogP contribution is 2.70. The zero-order chi connectivity index (χ0) is 104. The molecule has 0 radical (unpaired) electrons. The van der Waals surface area contributed by atoms with Crippen LogP contribution in [0, 0.1) is 185 Å². The Balaban J connectivity index is 0.000000160. The molecular weight excluding hydrogens is 1800 g/mol. The van der Waals surface area contributed by atoms with Gasteiger partial charge >= 0.3 is 23.9 Å². The average Bonchev–Trinajstić information content (AvgIpc) is 1.47. The van der Waals surface area contributed by atoms with E-state index in [1.807, 2.05) is 6.92 Å². The smallest absolute Gasteiger partial charge is 0.302 e. The minimum atomic E-state index is -3.79. The van der Waals surface area contributed by atoms with Gasteiger partial charge in [-0.15, -0.1) is 0 Å². The minimum absolute atomic E-state index is 0.00323. The van der Waals surface area contributed by atoms with Gasteiger partial charge in [-0.25, -0.2) is 0 Å². The van der Waals surface area contributed by atoms with E-state index in [9.17, 15) is 57.8 Å². The van der Waals surface area contributed by atoms with E-state index in [1.54, 1.807) is 45.0 Å². The molecule has 35 atom stereocenters. The molecule has 15 aliphatic rings. The lowest BCUT2D eigenvalue weighted by atomic mass is 9.50. The summed E-state index contributed by atoms with van der Waals surface area (Å²) in [7, 11) is -3.79. The quantitative estimate of drug-likeness (QED) is 0.0278. The number of rotatable bonds is 24. The van der Waals surface area contributed by atoms with Gasteiger partial charge in [-0.2, -0.15) is 13.7 Å². The third-order valence-corrected chi connectivity index (χ3v) is 45.8. The maximum Gasteiger partial charge on any atom is 0.302 e. The molecule has 1 aromatic rings. The molecule has 798 valence electrons. The first-order valence-corrected chi connectivity index (χ1v) is 57.9. The highest BCUT2D eigenvalue weighted by Gasteiger charge is 2.65. The lowest BCUT2D eigenvalue weighted by Crippen LogP contribution is -2.53. The topological polar surface area (TPSA) is 319 Å². The van der Waals surface area contributed by atoms with Gasteiger partial charge in [0, 0.05) is 101 Å². The molecule has 2 amide bonds. The molecule has 19 nitrogen and oxygen atoms in total. The number of aliphatic hydroxyl groups is 3. The molecular formula is C122H193N3O16S. The van der Waals surface area contributed by atoms with E-state index in [0.717, 1.165) is 223 Å². The van der Waals surface area contributed by atoms with Crippen molar-refractivity contribution in [2.45, 2.75) is 449 Å². The van der Waals surface area contributed by atoms with Crippen molar-refractivity contribution in [2.24, 2.45) is 178 Å². The third-order valence-electron chi connectivity index (χ3n) is 44.5. The Morgan fingerprint density at radius 2 is 0.655 bits per heavy atom. The summed E-state index contributed by atoms with van der Waals surface area (Å²) in [5.41, 5.74) is 19.3. The summed E-state index contributed by atoms with van der Waals surface area (Å²) in [5.74, 6) is 7.13. The Morgan fingerprint density at radius 1 is 0.380 bits per heavy atom. The second-order valence-electron chi connectivity index (χ2n) is 52.4. The highest BCUT2D eigenvalue weighted by atomic mass is 32.2. The van der Waals surface area contributed by atoms with E-state index in [-0.39, 0.29) is 162 Å². The lowest BCUT2D eigenvalue weighted by Gasteiger charge is -2.56. The molecule has 16 rings (SSSR count). The molecule has 15 fully saturated rings. The Labute approximate surface area is 858 Å². The molecule has 0 aliphatic heterocycles. The first-order valence-electron chi connectivity index (χ1n) is 56.5. The van der Waals surface area contributed by atoms with Gasteiger partial charge in [0.05, 0.1) is 29.8 Å². The molecule has 15 saturated carbocycles. The van der Waals surface area contributed by atoms with Gasteiger partial charge in [0.1, 0.15) is 24.4 Å². The van der Waals surface area contributed by atoms with E-state index >= 15 is 0 Å². The van der Waals surface area contributed by atoms with Crippen LogP contribution in [0.3, 0.4) is 0 Å². The fraction of sp³-hybridized carbons (Fsp3) is 0.811. The van der Waals surface area contributed by atoms with Crippen molar-refractivity contribution < 1.29 is 75.6 Å². The van der Waals surface area contributed by atoms with Crippen molar-refractivity contribution in [2.75, 3.05) is 13.2 Å². The number of carbonyl (C=O) groups is 6. The number of primary amides is 2. The standard InChI is InChI=1S/C30H44O5S.C24H39NO3.C24H37NO2.C23H38O3.C21H35NO3/c1-20-7-10-25(11-8-20)36(32,33)34-18-15-24-19-21(2)13-16-30(24,6)27-14-17-29(5)22(3)9-12-26(29)28(27)35-23(4)31;1-15-10-12-24(5,18(14-15)7-9-21(25)27)20-11-13-23(4)16(2)6-8-19(23)22(20)28-17(3)26;1-16-10-12-24(5,19(15-16)7-6-14-25)21-11-13-23(4)17(2)8-9-20(23)22(21)27-18(3)26;1-15-8-11-23(5,18(14-15)10-13-24)20-9-12-22(4)16(2)6-7-19(22)21(20)26-17(3)25;1-13-4-6-16-19(25)17(9-11-20(13,16)2)21(3)10-8-15(23)12-14(21)5-7-18(22)24/h7-8,10-11,21,24,26-28H,3,9,12-19H2,1-2,4-6H3;15,18-20,22H,2,6-14H2,1,3-5H3,(H2,25,27);16,19-22H,2,6-13,15H2,1,3-5H3;15,18-21,24H,2,6-14H2,1,3-5H3;14-17,19,23,25H,1,4-12H2,2-3H3,(H2,22,24)/t21-,24-,26-,27-,28-,29+,30-;15-,18-,19-,20-,22-,23+,24-;16-,19-,20-,21-,22-,23+,24-;15-,18-,19-,20-,21-,22+,23-;14-,15-,16-,17-,19-,20+,21-/m00000/s1. The van der Waals surface area contributed by atoms with Crippen molar-refractivity contribution >= 4 is 45.8 Å². The third kappa shape index (κ3) is 23.9. The Kier molecular flexibility index (Phi) is 37.4. The number of nitrogens with zero attached hydrogens (tertiary/aromatic N) is 1. The van der Waals surface area contributed by atoms with Crippen LogP contribution in [0.15, 0.2) is 89.9 Å². The van der Waals surface area contributed by atoms with Crippen LogP contribution in [0.1, 0.15) is 406 Å². The van der Waals surface area contributed by atoms with Crippen LogP contribution in [-0.4, -0.2) is 109 Å². The van der Waals surface area contributed by atoms with Crippen molar-refractivity contribution in [3.8, 4) is 6.07 Å². The summed E-state index contributed by atoms with van der Waals surface area (Å²) in [6, 6.07) is 9.16. The summed E-state index contributed by atoms with van der Waals surface area (Å²) >= 11 is 0. The molecule has 1 aromatic carbocycles. The SMILES string of the molecule is C=C1CC[C@H]2[C@H](O)[C@@H]([C@@]3(C)CC[C@H](O)C[C@@H]3CCC(N)=O)CC[C@]12C.C=C1CC[C@H]2[C@H](OC(C)=O)[C@@H]([C@@]3(C)CC[C@H](C)C[C@@H]3CCC#N)CC[C@]12C.C=C1CC[C@H]2[C@H](OC(C)=O)[C@@H]([C@@]3(C)CC[C@H](C)C[C@@H]3CCC(N)=O)CC[C@]12C.C=C1CC[C@H]2[C@H](OC(C)=O)[C@@H]([C@@]3(C)CC[C@H](C)C[C@@H]3CCO)CC[C@]12C.C=C1CC[C@H]2[C@H](OC(C)=O)[C@@H]([C@@]3(C)CC[C@H](C)C[C@@H]3CCOS(=O)(=O)c3ccc(C)cc3)CC[C@]12C. The number of hydrogen-bond donors (Lipinski definition) is 5. The van der Waals surface area contributed by atoms with Crippen LogP contribution < -0.4 is 11.5 Å². The van der Waals surface area contributed by atoms with E-state index in [4.69, 9.17) is 34.6 Å². The zero-order valence-corrected chi connectivity index (χ0v) is 92.6. The largest absolute Gasteiger partial charge is 0.462 e. The van der Waals surface area contributed by atoms with Crippen LogP contribution in [0.4, 0.5) is 0 Å². The Hall–Kier alpha value is -5.98. The number of carbonyl (C=O) groups excluding carboxylic acids is 6. The molecule has 7 N–H and O–H groups in total. The molecule has 0 aromatic heterocycles. The summed E-state index contributed by atoms with van der Waals surface area (Å²) in [4.78, 5) is 71.4. The molecule has 20 heteroatoms.